The highest BCUT2D eigenvalue weighted by Crippen LogP contribution is 2.15. The molecule has 0 spiro atoms. The first-order chi connectivity index (χ1) is 8.63. The summed E-state index contributed by atoms with van der Waals surface area (Å²) >= 11 is 0. The SMILES string of the molecule is C=CCNCC(=O)Nc1ccccc1CC(N)=O. The third-order valence-corrected chi connectivity index (χ3v) is 2.23. The van der Waals surface area contributed by atoms with Gasteiger partial charge in [-0.15, -0.1) is 6.58 Å². The number of hydrogen-bond acceptors (Lipinski definition) is 3. The lowest BCUT2D eigenvalue weighted by Gasteiger charge is -2.10. The van der Waals surface area contributed by atoms with Gasteiger partial charge in [0, 0.05) is 12.2 Å². The molecule has 0 saturated heterocycles. The molecule has 0 atom stereocenters. The van der Waals surface area contributed by atoms with E-state index in [1.54, 1.807) is 30.3 Å². The van der Waals surface area contributed by atoms with E-state index in [0.29, 0.717) is 17.8 Å². The fourth-order valence-corrected chi connectivity index (χ4v) is 1.47. The normalized spacial score (nSPS) is 9.78. The number of carbonyl (C=O) groups excluding carboxylic acids is 2. The average Bonchev–Trinajstić information content (AvgIpc) is 2.31. The number of hydrogen-bond donors (Lipinski definition) is 3. The Hall–Kier alpha value is -2.14. The minimum absolute atomic E-state index is 0.108. The van der Waals surface area contributed by atoms with Crippen LogP contribution in [-0.2, 0) is 16.0 Å². The van der Waals surface area contributed by atoms with Crippen molar-refractivity contribution >= 4 is 17.5 Å². The van der Waals surface area contributed by atoms with Crippen molar-refractivity contribution in [2.45, 2.75) is 6.42 Å². The van der Waals surface area contributed by atoms with E-state index in [4.69, 9.17) is 5.73 Å². The minimum atomic E-state index is -0.429. The zero-order valence-electron chi connectivity index (χ0n) is 10.1. The molecule has 0 aliphatic heterocycles. The number of para-hydroxylation sites is 1. The molecule has 2 amide bonds. The van der Waals surface area contributed by atoms with Crippen molar-refractivity contribution in [3.63, 3.8) is 0 Å². The van der Waals surface area contributed by atoms with Gasteiger partial charge < -0.3 is 16.4 Å². The Morgan fingerprint density at radius 2 is 2.06 bits per heavy atom. The van der Waals surface area contributed by atoms with Crippen molar-refractivity contribution < 1.29 is 9.59 Å². The standard InChI is InChI=1S/C13H17N3O2/c1-2-7-15-9-13(18)16-11-6-4-3-5-10(11)8-12(14)17/h2-6,15H,1,7-9H2,(H2,14,17)(H,16,18). The molecule has 1 aromatic rings. The van der Waals surface area contributed by atoms with Gasteiger partial charge in [0.05, 0.1) is 13.0 Å². The van der Waals surface area contributed by atoms with Gasteiger partial charge in [0.1, 0.15) is 0 Å². The van der Waals surface area contributed by atoms with Crippen molar-refractivity contribution in [3.8, 4) is 0 Å². The summed E-state index contributed by atoms with van der Waals surface area (Å²) in [6, 6.07) is 7.09. The summed E-state index contributed by atoms with van der Waals surface area (Å²) in [6.45, 7) is 4.30. The summed E-state index contributed by atoms with van der Waals surface area (Å²) in [5, 5.41) is 5.62. The molecule has 0 heterocycles. The molecular weight excluding hydrogens is 230 g/mol. The van der Waals surface area contributed by atoms with E-state index in [1.807, 2.05) is 0 Å². The highest BCUT2D eigenvalue weighted by molar-refractivity contribution is 5.93. The van der Waals surface area contributed by atoms with Crippen molar-refractivity contribution in [2.24, 2.45) is 5.73 Å². The smallest absolute Gasteiger partial charge is 0.238 e. The van der Waals surface area contributed by atoms with Gasteiger partial charge in [-0.3, -0.25) is 9.59 Å². The Kier molecular flexibility index (Phi) is 5.60. The molecule has 0 aromatic heterocycles. The van der Waals surface area contributed by atoms with E-state index >= 15 is 0 Å². The van der Waals surface area contributed by atoms with Gasteiger partial charge in [-0.05, 0) is 11.6 Å². The fraction of sp³-hybridized carbons (Fsp3) is 0.231. The molecule has 0 aliphatic rings. The van der Waals surface area contributed by atoms with Crippen LogP contribution in [0.2, 0.25) is 0 Å². The molecule has 0 saturated carbocycles. The molecule has 0 aliphatic carbocycles. The number of primary amides is 1. The molecule has 0 unspecified atom stereocenters. The third-order valence-electron chi connectivity index (χ3n) is 2.23. The predicted octanol–water partition coefficient (Wildman–Crippen LogP) is 0.428. The number of amides is 2. The lowest BCUT2D eigenvalue weighted by atomic mass is 10.1. The van der Waals surface area contributed by atoms with Gasteiger partial charge in [0.15, 0.2) is 0 Å². The van der Waals surface area contributed by atoms with Gasteiger partial charge in [-0.1, -0.05) is 24.3 Å². The maximum Gasteiger partial charge on any atom is 0.238 e. The van der Waals surface area contributed by atoms with Crippen molar-refractivity contribution in [2.75, 3.05) is 18.4 Å². The summed E-state index contributed by atoms with van der Waals surface area (Å²) < 4.78 is 0. The van der Waals surface area contributed by atoms with Crippen molar-refractivity contribution in [1.29, 1.82) is 0 Å². The molecule has 1 rings (SSSR count). The van der Waals surface area contributed by atoms with Crippen LogP contribution in [0.4, 0.5) is 5.69 Å². The van der Waals surface area contributed by atoms with E-state index in [0.717, 1.165) is 0 Å². The molecule has 96 valence electrons. The summed E-state index contributed by atoms with van der Waals surface area (Å²) in [5.74, 6) is -0.602. The lowest BCUT2D eigenvalue weighted by molar-refractivity contribution is -0.117. The van der Waals surface area contributed by atoms with Gasteiger partial charge in [0.25, 0.3) is 0 Å². The largest absolute Gasteiger partial charge is 0.369 e. The average molecular weight is 247 g/mol. The first kappa shape index (κ1) is 13.9. The Balaban J connectivity index is 2.62. The molecule has 5 nitrogen and oxygen atoms in total. The van der Waals surface area contributed by atoms with Crippen LogP contribution in [0, 0.1) is 0 Å². The molecule has 5 heteroatoms. The molecule has 18 heavy (non-hydrogen) atoms. The topological polar surface area (TPSA) is 84.2 Å². The van der Waals surface area contributed by atoms with Gasteiger partial charge in [-0.2, -0.15) is 0 Å². The molecule has 1 aromatic carbocycles. The second-order valence-corrected chi connectivity index (χ2v) is 3.77. The lowest BCUT2D eigenvalue weighted by Crippen LogP contribution is -2.28. The predicted molar refractivity (Wildman–Crippen MR) is 71.0 cm³/mol. The summed E-state index contributed by atoms with van der Waals surface area (Å²) in [5.41, 5.74) is 6.47. The van der Waals surface area contributed by atoms with Gasteiger partial charge in [-0.25, -0.2) is 0 Å². The Bertz CT molecular complexity index is 444. The van der Waals surface area contributed by atoms with Gasteiger partial charge in [0.2, 0.25) is 11.8 Å². The van der Waals surface area contributed by atoms with Crippen LogP contribution in [0.3, 0.4) is 0 Å². The number of benzene rings is 1. The molecule has 0 radical (unpaired) electrons. The first-order valence-electron chi connectivity index (χ1n) is 5.61. The second kappa shape index (κ2) is 7.24. The van der Waals surface area contributed by atoms with E-state index in [1.165, 1.54) is 0 Å². The summed E-state index contributed by atoms with van der Waals surface area (Å²) in [6.07, 6.45) is 1.78. The third kappa shape index (κ3) is 4.80. The van der Waals surface area contributed by atoms with E-state index < -0.39 is 5.91 Å². The monoisotopic (exact) mass is 247 g/mol. The summed E-state index contributed by atoms with van der Waals surface area (Å²) in [7, 11) is 0. The zero-order chi connectivity index (χ0) is 13.4. The maximum absolute atomic E-state index is 11.6. The van der Waals surface area contributed by atoms with E-state index in [9.17, 15) is 9.59 Å². The number of anilines is 1. The zero-order valence-corrected chi connectivity index (χ0v) is 10.1. The summed E-state index contributed by atoms with van der Waals surface area (Å²) in [4.78, 5) is 22.5. The van der Waals surface area contributed by atoms with Gasteiger partial charge >= 0.3 is 0 Å². The first-order valence-corrected chi connectivity index (χ1v) is 5.61. The van der Waals surface area contributed by atoms with Crippen LogP contribution in [-0.4, -0.2) is 24.9 Å². The number of carbonyl (C=O) groups is 2. The van der Waals surface area contributed by atoms with Crippen LogP contribution in [0.15, 0.2) is 36.9 Å². The highest BCUT2D eigenvalue weighted by Gasteiger charge is 2.07. The van der Waals surface area contributed by atoms with E-state index in [2.05, 4.69) is 17.2 Å². The molecule has 0 bridgehead atoms. The van der Waals surface area contributed by atoms with Crippen LogP contribution < -0.4 is 16.4 Å². The van der Waals surface area contributed by atoms with E-state index in [-0.39, 0.29) is 18.9 Å². The molecule has 4 N–H and O–H groups in total. The number of nitrogens with two attached hydrogens (primary N) is 1. The Labute approximate surface area is 106 Å². The van der Waals surface area contributed by atoms with Crippen molar-refractivity contribution in [1.82, 2.24) is 5.32 Å². The van der Waals surface area contributed by atoms with Crippen LogP contribution in [0.1, 0.15) is 5.56 Å². The Morgan fingerprint density at radius 3 is 2.72 bits per heavy atom. The van der Waals surface area contributed by atoms with Crippen LogP contribution >= 0.6 is 0 Å². The maximum atomic E-state index is 11.6. The molecular formula is C13H17N3O2. The number of nitrogens with one attached hydrogen (secondary N) is 2. The number of rotatable bonds is 7. The molecule has 0 fully saturated rings. The minimum Gasteiger partial charge on any atom is -0.369 e. The fourth-order valence-electron chi connectivity index (χ4n) is 1.47. The van der Waals surface area contributed by atoms with Crippen molar-refractivity contribution in [3.05, 3.63) is 42.5 Å². The highest BCUT2D eigenvalue weighted by atomic mass is 16.2. The van der Waals surface area contributed by atoms with Crippen LogP contribution in [0.25, 0.3) is 0 Å². The quantitative estimate of drug-likeness (QED) is 0.482. The van der Waals surface area contributed by atoms with Crippen LogP contribution in [0.5, 0.6) is 0 Å². The second-order valence-electron chi connectivity index (χ2n) is 3.77. The Morgan fingerprint density at radius 1 is 1.33 bits per heavy atom.